The van der Waals surface area contributed by atoms with Crippen molar-refractivity contribution in [2.75, 3.05) is 6.54 Å². The number of nitrogens with zero attached hydrogens (tertiary/aromatic N) is 1. The smallest absolute Gasteiger partial charge is 0.270 e. The Kier molecular flexibility index (Phi) is 3.90. The summed E-state index contributed by atoms with van der Waals surface area (Å²) in [5.74, 6) is 0.415. The predicted octanol–water partition coefficient (Wildman–Crippen LogP) is 1.42. The Balaban J connectivity index is 1.73. The van der Waals surface area contributed by atoms with Crippen LogP contribution in [0.25, 0.3) is 0 Å². The van der Waals surface area contributed by atoms with Crippen molar-refractivity contribution in [2.45, 2.75) is 31.8 Å². The molecule has 1 fully saturated rings. The molecule has 1 amide bonds. The minimum absolute atomic E-state index is 0.0904. The van der Waals surface area contributed by atoms with Crippen LogP contribution in [-0.4, -0.2) is 28.6 Å². The van der Waals surface area contributed by atoms with Gasteiger partial charge in [-0.15, -0.1) is 11.3 Å². The van der Waals surface area contributed by atoms with E-state index in [2.05, 4.69) is 10.3 Å². The van der Waals surface area contributed by atoms with Gasteiger partial charge in [0, 0.05) is 11.9 Å². The molecular weight excluding hydrogens is 224 g/mol. The number of hydrogen-bond acceptors (Lipinski definition) is 4. The van der Waals surface area contributed by atoms with Gasteiger partial charge in [0.05, 0.1) is 11.6 Å². The number of aliphatic hydroxyl groups is 1. The molecule has 1 heterocycles. The molecule has 1 saturated carbocycles. The van der Waals surface area contributed by atoms with Crippen LogP contribution in [0.5, 0.6) is 0 Å². The van der Waals surface area contributed by atoms with Crippen molar-refractivity contribution in [1.82, 2.24) is 10.3 Å². The normalized spacial score (nSPS) is 25.3. The van der Waals surface area contributed by atoms with E-state index in [9.17, 15) is 9.90 Å². The molecular formula is C11H16N2O2S. The van der Waals surface area contributed by atoms with Crippen molar-refractivity contribution >= 4 is 17.2 Å². The average Bonchev–Trinajstić information content (AvgIpc) is 2.81. The second-order valence-electron chi connectivity index (χ2n) is 4.26. The molecule has 2 N–H and O–H groups in total. The molecule has 0 bridgehead atoms. The number of carbonyl (C=O) groups excluding carboxylic acids is 1. The molecule has 1 aromatic rings. The van der Waals surface area contributed by atoms with Crippen LogP contribution in [0.3, 0.4) is 0 Å². The fraction of sp³-hybridized carbons (Fsp3) is 0.636. The summed E-state index contributed by atoms with van der Waals surface area (Å²) < 4.78 is 0. The standard InChI is InChI=1S/C11H16N2O2S/c14-9-3-1-8(2-4-9)5-12-11(15)10-6-16-7-13-10/h6-9,14H,1-5H2,(H,12,15). The lowest BCUT2D eigenvalue weighted by Crippen LogP contribution is -2.32. The predicted molar refractivity (Wildman–Crippen MR) is 62.4 cm³/mol. The molecule has 2 rings (SSSR count). The molecule has 1 aliphatic carbocycles. The summed E-state index contributed by atoms with van der Waals surface area (Å²) in [6.45, 7) is 0.698. The molecule has 0 aromatic carbocycles. The van der Waals surface area contributed by atoms with Crippen LogP contribution < -0.4 is 5.32 Å². The Bertz CT molecular complexity index is 332. The number of aliphatic hydroxyl groups excluding tert-OH is 1. The van der Waals surface area contributed by atoms with Gasteiger partial charge in [-0.25, -0.2) is 4.98 Å². The number of carbonyl (C=O) groups is 1. The second-order valence-corrected chi connectivity index (χ2v) is 4.98. The van der Waals surface area contributed by atoms with Crippen LogP contribution in [0.1, 0.15) is 36.2 Å². The third-order valence-electron chi connectivity index (χ3n) is 3.03. The van der Waals surface area contributed by atoms with Crippen LogP contribution in [0, 0.1) is 5.92 Å². The Morgan fingerprint density at radius 1 is 1.50 bits per heavy atom. The highest BCUT2D eigenvalue weighted by Crippen LogP contribution is 2.23. The molecule has 88 valence electrons. The maximum atomic E-state index is 11.6. The maximum Gasteiger partial charge on any atom is 0.270 e. The van der Waals surface area contributed by atoms with E-state index in [4.69, 9.17) is 0 Å². The van der Waals surface area contributed by atoms with Crippen molar-refractivity contribution in [3.63, 3.8) is 0 Å². The molecule has 0 radical (unpaired) electrons. The van der Waals surface area contributed by atoms with E-state index in [-0.39, 0.29) is 12.0 Å². The first-order chi connectivity index (χ1) is 7.75. The molecule has 1 aliphatic rings. The molecule has 0 aliphatic heterocycles. The van der Waals surface area contributed by atoms with Gasteiger partial charge in [-0.2, -0.15) is 0 Å². The number of nitrogens with one attached hydrogen (secondary N) is 1. The molecule has 0 unspecified atom stereocenters. The van der Waals surface area contributed by atoms with Gasteiger partial charge < -0.3 is 10.4 Å². The molecule has 4 nitrogen and oxygen atoms in total. The first-order valence-corrected chi connectivity index (χ1v) is 6.54. The number of hydrogen-bond donors (Lipinski definition) is 2. The topological polar surface area (TPSA) is 62.2 Å². The summed E-state index contributed by atoms with van der Waals surface area (Å²) >= 11 is 1.42. The Morgan fingerprint density at radius 2 is 2.25 bits per heavy atom. The SMILES string of the molecule is O=C(NCC1CCC(O)CC1)c1cscn1. The minimum Gasteiger partial charge on any atom is -0.393 e. The number of amides is 1. The summed E-state index contributed by atoms with van der Waals surface area (Å²) in [5.41, 5.74) is 2.16. The van der Waals surface area contributed by atoms with E-state index in [1.807, 2.05) is 0 Å². The number of aromatic nitrogens is 1. The van der Waals surface area contributed by atoms with Crippen LogP contribution in [0.15, 0.2) is 10.9 Å². The lowest BCUT2D eigenvalue weighted by Gasteiger charge is -2.25. The molecule has 0 saturated heterocycles. The Hall–Kier alpha value is -0.940. The van der Waals surface area contributed by atoms with Gasteiger partial charge in [-0.05, 0) is 31.6 Å². The zero-order valence-electron chi connectivity index (χ0n) is 9.06. The molecule has 1 aromatic heterocycles. The highest BCUT2D eigenvalue weighted by molar-refractivity contribution is 7.07. The highest BCUT2D eigenvalue weighted by atomic mass is 32.1. The van der Waals surface area contributed by atoms with E-state index < -0.39 is 0 Å². The van der Waals surface area contributed by atoms with Crippen molar-refractivity contribution < 1.29 is 9.90 Å². The molecule has 5 heteroatoms. The van der Waals surface area contributed by atoms with Crippen LogP contribution in [0.2, 0.25) is 0 Å². The van der Waals surface area contributed by atoms with Gasteiger partial charge in [0.25, 0.3) is 5.91 Å². The fourth-order valence-electron chi connectivity index (χ4n) is 2.00. The third-order valence-corrected chi connectivity index (χ3v) is 3.62. The molecule has 0 spiro atoms. The van der Waals surface area contributed by atoms with E-state index >= 15 is 0 Å². The van der Waals surface area contributed by atoms with E-state index in [1.165, 1.54) is 11.3 Å². The molecule has 16 heavy (non-hydrogen) atoms. The second kappa shape index (κ2) is 5.41. The average molecular weight is 240 g/mol. The van der Waals surface area contributed by atoms with E-state index in [0.29, 0.717) is 18.2 Å². The van der Waals surface area contributed by atoms with Gasteiger partial charge in [-0.3, -0.25) is 4.79 Å². The van der Waals surface area contributed by atoms with Crippen LogP contribution in [-0.2, 0) is 0 Å². The van der Waals surface area contributed by atoms with Gasteiger partial charge in [0.15, 0.2) is 0 Å². The third kappa shape index (κ3) is 3.02. The largest absolute Gasteiger partial charge is 0.393 e. The molecule has 0 atom stereocenters. The lowest BCUT2D eigenvalue weighted by atomic mass is 9.87. The van der Waals surface area contributed by atoms with Crippen molar-refractivity contribution in [2.24, 2.45) is 5.92 Å². The van der Waals surface area contributed by atoms with Gasteiger partial charge in [0.2, 0.25) is 0 Å². The number of thiazole rings is 1. The van der Waals surface area contributed by atoms with Gasteiger partial charge in [-0.1, -0.05) is 0 Å². The van der Waals surface area contributed by atoms with Gasteiger partial charge >= 0.3 is 0 Å². The summed E-state index contributed by atoms with van der Waals surface area (Å²) in [6.07, 6.45) is 3.58. The zero-order chi connectivity index (χ0) is 11.4. The van der Waals surface area contributed by atoms with Crippen molar-refractivity contribution in [1.29, 1.82) is 0 Å². The fourth-order valence-corrected chi connectivity index (χ4v) is 2.53. The number of rotatable bonds is 3. The van der Waals surface area contributed by atoms with E-state index in [0.717, 1.165) is 25.7 Å². The Morgan fingerprint density at radius 3 is 2.88 bits per heavy atom. The Labute approximate surface area is 98.7 Å². The van der Waals surface area contributed by atoms with Crippen LogP contribution >= 0.6 is 11.3 Å². The summed E-state index contributed by atoms with van der Waals surface area (Å²) in [7, 11) is 0. The summed E-state index contributed by atoms with van der Waals surface area (Å²) in [5, 5.41) is 14.0. The van der Waals surface area contributed by atoms with Crippen LogP contribution in [0.4, 0.5) is 0 Å². The lowest BCUT2D eigenvalue weighted by molar-refractivity contribution is 0.0906. The highest BCUT2D eigenvalue weighted by Gasteiger charge is 2.20. The minimum atomic E-state index is -0.134. The van der Waals surface area contributed by atoms with Crippen molar-refractivity contribution in [3.8, 4) is 0 Å². The monoisotopic (exact) mass is 240 g/mol. The first-order valence-electron chi connectivity index (χ1n) is 5.60. The van der Waals surface area contributed by atoms with E-state index in [1.54, 1.807) is 10.9 Å². The first kappa shape index (κ1) is 11.5. The maximum absolute atomic E-state index is 11.6. The zero-order valence-corrected chi connectivity index (χ0v) is 9.87. The van der Waals surface area contributed by atoms with Gasteiger partial charge in [0.1, 0.15) is 5.69 Å². The summed E-state index contributed by atoms with van der Waals surface area (Å²) in [4.78, 5) is 15.6. The summed E-state index contributed by atoms with van der Waals surface area (Å²) in [6, 6.07) is 0. The van der Waals surface area contributed by atoms with Crippen molar-refractivity contribution in [3.05, 3.63) is 16.6 Å². The quantitative estimate of drug-likeness (QED) is 0.840.